The number of hydrogen-bond donors (Lipinski definition) is 1. The maximum Gasteiger partial charge on any atom is 0.311 e. The molecule has 1 aliphatic heterocycles. The first-order chi connectivity index (χ1) is 7.70. The van der Waals surface area contributed by atoms with E-state index in [0.717, 1.165) is 6.54 Å². The van der Waals surface area contributed by atoms with Crippen LogP contribution in [0.3, 0.4) is 0 Å². The van der Waals surface area contributed by atoms with Gasteiger partial charge >= 0.3 is 11.9 Å². The molecule has 2 atom stereocenters. The van der Waals surface area contributed by atoms with Crippen molar-refractivity contribution >= 4 is 11.9 Å². The lowest BCUT2D eigenvalue weighted by atomic mass is 9.86. The summed E-state index contributed by atoms with van der Waals surface area (Å²) < 4.78 is 9.92. The monoisotopic (exact) mass is 229 g/mol. The van der Waals surface area contributed by atoms with E-state index in [0.29, 0.717) is 26.2 Å². The minimum Gasteiger partial charge on any atom is -0.466 e. The molecule has 1 fully saturated rings. The van der Waals surface area contributed by atoms with Gasteiger partial charge in [0.2, 0.25) is 0 Å². The van der Waals surface area contributed by atoms with Gasteiger partial charge in [0.05, 0.1) is 25.0 Å². The fraction of sp³-hybridized carbons (Fsp3) is 0.818. The van der Waals surface area contributed by atoms with Crippen LogP contribution in [0.1, 0.15) is 20.3 Å². The van der Waals surface area contributed by atoms with E-state index in [2.05, 4.69) is 5.32 Å². The summed E-state index contributed by atoms with van der Waals surface area (Å²) in [5, 5.41) is 3.09. The van der Waals surface area contributed by atoms with E-state index in [9.17, 15) is 9.59 Å². The van der Waals surface area contributed by atoms with Crippen molar-refractivity contribution in [3.05, 3.63) is 0 Å². The number of piperidine rings is 1. The fourth-order valence-electron chi connectivity index (χ4n) is 1.89. The second-order valence-electron chi connectivity index (χ2n) is 3.71. The highest BCUT2D eigenvalue weighted by molar-refractivity contribution is 5.82. The molecule has 1 N–H and O–H groups in total. The van der Waals surface area contributed by atoms with Crippen LogP contribution >= 0.6 is 0 Å². The van der Waals surface area contributed by atoms with Gasteiger partial charge in [0.25, 0.3) is 0 Å². The average Bonchev–Trinajstić information content (AvgIpc) is 2.30. The topological polar surface area (TPSA) is 64.6 Å². The average molecular weight is 229 g/mol. The summed E-state index contributed by atoms with van der Waals surface area (Å²) in [5.41, 5.74) is 0. The highest BCUT2D eigenvalue weighted by Gasteiger charge is 2.37. The molecule has 0 aromatic rings. The first kappa shape index (κ1) is 13.0. The summed E-state index contributed by atoms with van der Waals surface area (Å²) in [6.07, 6.45) is 0.627. The van der Waals surface area contributed by atoms with Crippen LogP contribution < -0.4 is 5.32 Å². The van der Waals surface area contributed by atoms with Gasteiger partial charge in [-0.3, -0.25) is 9.59 Å². The molecule has 0 unspecified atom stereocenters. The number of rotatable bonds is 4. The van der Waals surface area contributed by atoms with Gasteiger partial charge in [0, 0.05) is 6.54 Å². The van der Waals surface area contributed by atoms with Gasteiger partial charge in [0.1, 0.15) is 0 Å². The van der Waals surface area contributed by atoms with E-state index in [1.807, 2.05) is 0 Å². The molecule has 1 aliphatic rings. The Morgan fingerprint density at radius 1 is 1.12 bits per heavy atom. The van der Waals surface area contributed by atoms with E-state index in [4.69, 9.17) is 9.47 Å². The van der Waals surface area contributed by atoms with Crippen molar-refractivity contribution < 1.29 is 19.1 Å². The Balaban J connectivity index is 2.63. The number of ether oxygens (including phenoxy) is 2. The number of hydrogen-bond acceptors (Lipinski definition) is 5. The first-order valence-corrected chi connectivity index (χ1v) is 5.74. The molecule has 0 amide bonds. The molecule has 0 saturated carbocycles. The molecule has 0 aromatic carbocycles. The molecule has 1 rings (SSSR count). The summed E-state index contributed by atoms with van der Waals surface area (Å²) in [7, 11) is 0. The maximum atomic E-state index is 11.7. The van der Waals surface area contributed by atoms with Gasteiger partial charge < -0.3 is 14.8 Å². The Labute approximate surface area is 95.5 Å². The Bertz CT molecular complexity index is 228. The van der Waals surface area contributed by atoms with E-state index < -0.39 is 5.92 Å². The lowest BCUT2D eigenvalue weighted by molar-refractivity contribution is -0.161. The normalized spacial score (nSPS) is 24.9. The summed E-state index contributed by atoms with van der Waals surface area (Å²) in [4.78, 5) is 23.3. The van der Waals surface area contributed by atoms with Crippen LogP contribution in [-0.2, 0) is 19.1 Å². The summed E-state index contributed by atoms with van der Waals surface area (Å²) in [5.74, 6) is -1.37. The predicted molar refractivity (Wildman–Crippen MR) is 57.7 cm³/mol. The van der Waals surface area contributed by atoms with Crippen LogP contribution in [0.2, 0.25) is 0 Å². The van der Waals surface area contributed by atoms with E-state index in [1.54, 1.807) is 13.8 Å². The molecule has 1 saturated heterocycles. The van der Waals surface area contributed by atoms with Gasteiger partial charge in [-0.2, -0.15) is 0 Å². The van der Waals surface area contributed by atoms with Gasteiger partial charge in [-0.05, 0) is 26.8 Å². The second-order valence-corrected chi connectivity index (χ2v) is 3.71. The van der Waals surface area contributed by atoms with Crippen LogP contribution in [0, 0.1) is 11.8 Å². The molecule has 0 spiro atoms. The fourth-order valence-corrected chi connectivity index (χ4v) is 1.89. The number of carbonyl (C=O) groups is 2. The van der Waals surface area contributed by atoms with Crippen LogP contribution in [0.5, 0.6) is 0 Å². The van der Waals surface area contributed by atoms with Crippen LogP contribution in [0.15, 0.2) is 0 Å². The van der Waals surface area contributed by atoms with Crippen LogP contribution in [0.25, 0.3) is 0 Å². The Hall–Kier alpha value is -1.10. The minimum absolute atomic E-state index is 0.290. The molecule has 16 heavy (non-hydrogen) atoms. The van der Waals surface area contributed by atoms with Gasteiger partial charge in [-0.25, -0.2) is 0 Å². The summed E-state index contributed by atoms with van der Waals surface area (Å²) >= 11 is 0. The lowest BCUT2D eigenvalue weighted by Crippen LogP contribution is -2.45. The van der Waals surface area contributed by atoms with Crippen molar-refractivity contribution in [1.82, 2.24) is 5.32 Å². The van der Waals surface area contributed by atoms with Crippen molar-refractivity contribution in [2.75, 3.05) is 26.3 Å². The SMILES string of the molecule is CCOC(=O)[C@H]1CCNC[C@@H]1C(=O)OCC. The Kier molecular flexibility index (Phi) is 5.25. The molecule has 0 aliphatic carbocycles. The third-order valence-corrected chi connectivity index (χ3v) is 2.66. The molecule has 0 aromatic heterocycles. The predicted octanol–water partition coefficient (Wildman–Crippen LogP) is 0.338. The second kappa shape index (κ2) is 6.48. The molecule has 0 bridgehead atoms. The number of carbonyl (C=O) groups excluding carboxylic acids is 2. The lowest BCUT2D eigenvalue weighted by Gasteiger charge is -2.28. The van der Waals surface area contributed by atoms with Crippen molar-refractivity contribution in [2.45, 2.75) is 20.3 Å². The third kappa shape index (κ3) is 3.20. The molecule has 5 nitrogen and oxygen atoms in total. The Morgan fingerprint density at radius 3 is 2.25 bits per heavy atom. The molecule has 1 heterocycles. The molecule has 0 radical (unpaired) electrons. The summed E-state index contributed by atoms with van der Waals surface area (Å²) in [6.45, 7) is 5.43. The highest BCUT2D eigenvalue weighted by atomic mass is 16.5. The standard InChI is InChI=1S/C11H19NO4/c1-3-15-10(13)8-5-6-12-7-9(8)11(14)16-4-2/h8-9,12H,3-7H2,1-2H3/t8-,9-/m0/s1. The van der Waals surface area contributed by atoms with Crippen molar-refractivity contribution in [2.24, 2.45) is 11.8 Å². The molecular weight excluding hydrogens is 210 g/mol. The molecular formula is C11H19NO4. The first-order valence-electron chi connectivity index (χ1n) is 5.74. The molecule has 92 valence electrons. The Morgan fingerprint density at radius 2 is 1.69 bits per heavy atom. The third-order valence-electron chi connectivity index (χ3n) is 2.66. The smallest absolute Gasteiger partial charge is 0.311 e. The van der Waals surface area contributed by atoms with E-state index in [-0.39, 0.29) is 17.9 Å². The van der Waals surface area contributed by atoms with Gasteiger partial charge in [-0.15, -0.1) is 0 Å². The van der Waals surface area contributed by atoms with Gasteiger partial charge in [-0.1, -0.05) is 0 Å². The van der Waals surface area contributed by atoms with Crippen LogP contribution in [0.4, 0.5) is 0 Å². The van der Waals surface area contributed by atoms with Crippen molar-refractivity contribution in [1.29, 1.82) is 0 Å². The number of nitrogens with one attached hydrogen (secondary N) is 1. The zero-order valence-electron chi connectivity index (χ0n) is 9.82. The number of esters is 2. The zero-order chi connectivity index (χ0) is 12.0. The summed E-state index contributed by atoms with van der Waals surface area (Å²) in [6, 6.07) is 0. The zero-order valence-corrected chi connectivity index (χ0v) is 9.82. The quantitative estimate of drug-likeness (QED) is 0.704. The van der Waals surface area contributed by atoms with E-state index in [1.165, 1.54) is 0 Å². The van der Waals surface area contributed by atoms with Crippen molar-refractivity contribution in [3.63, 3.8) is 0 Å². The van der Waals surface area contributed by atoms with Crippen LogP contribution in [-0.4, -0.2) is 38.2 Å². The largest absolute Gasteiger partial charge is 0.466 e. The highest BCUT2D eigenvalue weighted by Crippen LogP contribution is 2.22. The van der Waals surface area contributed by atoms with E-state index >= 15 is 0 Å². The molecule has 5 heteroatoms. The minimum atomic E-state index is -0.409. The maximum absolute atomic E-state index is 11.7. The van der Waals surface area contributed by atoms with Gasteiger partial charge in [0.15, 0.2) is 0 Å². The van der Waals surface area contributed by atoms with Crippen molar-refractivity contribution in [3.8, 4) is 0 Å².